The summed E-state index contributed by atoms with van der Waals surface area (Å²) in [5.74, 6) is 1.68. The molecule has 0 spiro atoms. The topological polar surface area (TPSA) is 89.4 Å². The van der Waals surface area contributed by atoms with E-state index in [2.05, 4.69) is 25.3 Å². The summed E-state index contributed by atoms with van der Waals surface area (Å²) < 4.78 is 1.77. The number of nitrogens with one attached hydrogen (secondary N) is 1. The van der Waals surface area contributed by atoms with Crippen molar-refractivity contribution in [3.05, 3.63) is 48.2 Å². The van der Waals surface area contributed by atoms with Crippen molar-refractivity contribution in [3.8, 4) is 11.5 Å². The predicted molar refractivity (Wildman–Crippen MR) is 82.4 cm³/mol. The van der Waals surface area contributed by atoms with Crippen LogP contribution in [-0.2, 0) is 18.3 Å². The number of rotatable bonds is 5. The number of hydrogen-bond acceptors (Lipinski definition) is 5. The Morgan fingerprint density at radius 3 is 3.09 bits per heavy atom. The zero-order valence-electron chi connectivity index (χ0n) is 12.7. The summed E-state index contributed by atoms with van der Waals surface area (Å²) in [7, 11) is 1.89. The molecular weight excluding hydrogens is 292 g/mol. The molecule has 0 amide bonds. The minimum Gasteiger partial charge on any atom is -0.299 e. The molecular formula is C16H16N6O. The first-order valence-electron chi connectivity index (χ1n) is 7.54. The van der Waals surface area contributed by atoms with Gasteiger partial charge in [0.1, 0.15) is 17.3 Å². The number of pyridine rings is 1. The highest BCUT2D eigenvalue weighted by molar-refractivity contribution is 5.86. The number of nitrogens with zero attached hydrogens (tertiary/aromatic N) is 5. The van der Waals surface area contributed by atoms with Crippen molar-refractivity contribution in [2.45, 2.75) is 18.8 Å². The summed E-state index contributed by atoms with van der Waals surface area (Å²) in [5.41, 5.74) is 1.83. The van der Waals surface area contributed by atoms with Crippen molar-refractivity contribution in [1.82, 2.24) is 29.9 Å². The Kier molecular flexibility index (Phi) is 3.25. The summed E-state index contributed by atoms with van der Waals surface area (Å²) in [6, 6.07) is 5.56. The van der Waals surface area contributed by atoms with Crippen molar-refractivity contribution >= 4 is 5.78 Å². The molecule has 0 aromatic carbocycles. The van der Waals surface area contributed by atoms with Crippen LogP contribution in [0.4, 0.5) is 0 Å². The molecule has 3 aromatic heterocycles. The van der Waals surface area contributed by atoms with Gasteiger partial charge in [-0.25, -0.2) is 4.98 Å². The van der Waals surface area contributed by atoms with Crippen molar-refractivity contribution in [2.75, 3.05) is 0 Å². The zero-order chi connectivity index (χ0) is 15.8. The van der Waals surface area contributed by atoms with E-state index < -0.39 is 0 Å². The van der Waals surface area contributed by atoms with Gasteiger partial charge in [0, 0.05) is 25.4 Å². The molecule has 1 fully saturated rings. The molecule has 0 saturated heterocycles. The number of H-pyrrole nitrogens is 1. The van der Waals surface area contributed by atoms with Crippen LogP contribution in [0.15, 0.2) is 36.8 Å². The van der Waals surface area contributed by atoms with Gasteiger partial charge in [0.05, 0.1) is 12.6 Å². The van der Waals surface area contributed by atoms with Gasteiger partial charge in [-0.2, -0.15) is 10.2 Å². The maximum Gasteiger partial charge on any atom is 0.199 e. The van der Waals surface area contributed by atoms with Gasteiger partial charge in [0.25, 0.3) is 0 Å². The number of aromatic amines is 1. The molecule has 0 radical (unpaired) electrons. The molecule has 1 saturated carbocycles. The molecule has 3 aromatic rings. The second kappa shape index (κ2) is 5.42. The normalized spacial score (nSPS) is 19.7. The first-order valence-corrected chi connectivity index (χ1v) is 7.54. The molecule has 3 heterocycles. The Bertz CT molecular complexity index is 837. The molecule has 4 rings (SSSR count). The Balaban J connectivity index is 1.41. The molecule has 7 heteroatoms. The highest BCUT2D eigenvalue weighted by atomic mass is 16.1. The SMILES string of the molecule is Cn1cc(C2CC2C(=O)Cc2nc(-c3ccccn3)n[nH]2)cn1. The fraction of sp³-hybridized carbons (Fsp3) is 0.312. The van der Waals surface area contributed by atoms with Gasteiger partial charge in [-0.15, -0.1) is 0 Å². The van der Waals surface area contributed by atoms with Gasteiger partial charge in [0.2, 0.25) is 0 Å². The number of aromatic nitrogens is 6. The summed E-state index contributed by atoms with van der Waals surface area (Å²) in [6.07, 6.45) is 6.68. The molecule has 1 N–H and O–H groups in total. The van der Waals surface area contributed by atoms with Gasteiger partial charge in [-0.05, 0) is 30.0 Å². The monoisotopic (exact) mass is 308 g/mol. The average Bonchev–Trinajstić information content (AvgIpc) is 3.03. The van der Waals surface area contributed by atoms with Crippen LogP contribution in [-0.4, -0.2) is 35.7 Å². The summed E-state index contributed by atoms with van der Waals surface area (Å²) in [5, 5.41) is 11.1. The van der Waals surface area contributed by atoms with Gasteiger partial charge in [0.15, 0.2) is 5.82 Å². The molecule has 1 aliphatic carbocycles. The second-order valence-corrected chi connectivity index (χ2v) is 5.86. The number of aryl methyl sites for hydroxylation is 1. The number of ketones is 1. The first-order chi connectivity index (χ1) is 11.2. The van der Waals surface area contributed by atoms with E-state index in [1.165, 1.54) is 0 Å². The van der Waals surface area contributed by atoms with Crippen LogP contribution in [0.25, 0.3) is 11.5 Å². The maximum absolute atomic E-state index is 12.4. The van der Waals surface area contributed by atoms with Crippen LogP contribution in [0.3, 0.4) is 0 Å². The van der Waals surface area contributed by atoms with Crippen LogP contribution in [0.2, 0.25) is 0 Å². The fourth-order valence-electron chi connectivity index (χ4n) is 2.83. The van der Waals surface area contributed by atoms with Crippen molar-refractivity contribution in [3.63, 3.8) is 0 Å². The van der Waals surface area contributed by atoms with E-state index in [0.717, 1.165) is 12.0 Å². The Hall–Kier alpha value is -2.83. The van der Waals surface area contributed by atoms with E-state index in [-0.39, 0.29) is 18.1 Å². The smallest absolute Gasteiger partial charge is 0.199 e. The van der Waals surface area contributed by atoms with E-state index in [1.54, 1.807) is 10.9 Å². The predicted octanol–water partition coefficient (Wildman–Crippen LogP) is 1.52. The number of Topliss-reactive ketones (excluding diaryl/α,β-unsaturated/α-hetero) is 1. The lowest BCUT2D eigenvalue weighted by Gasteiger charge is -1.96. The largest absolute Gasteiger partial charge is 0.299 e. The summed E-state index contributed by atoms with van der Waals surface area (Å²) in [6.45, 7) is 0. The van der Waals surface area contributed by atoms with Gasteiger partial charge in [-0.1, -0.05) is 6.07 Å². The lowest BCUT2D eigenvalue weighted by atomic mass is 10.1. The van der Waals surface area contributed by atoms with Crippen LogP contribution in [0, 0.1) is 5.92 Å². The van der Waals surface area contributed by atoms with E-state index in [9.17, 15) is 4.79 Å². The molecule has 2 atom stereocenters. The van der Waals surface area contributed by atoms with Crippen molar-refractivity contribution in [1.29, 1.82) is 0 Å². The molecule has 0 bridgehead atoms. The lowest BCUT2D eigenvalue weighted by Crippen LogP contribution is -2.07. The minimum absolute atomic E-state index is 0.0719. The van der Waals surface area contributed by atoms with Crippen LogP contribution in [0.5, 0.6) is 0 Å². The van der Waals surface area contributed by atoms with Crippen LogP contribution >= 0.6 is 0 Å². The number of carbonyl (C=O) groups is 1. The van der Waals surface area contributed by atoms with Crippen molar-refractivity contribution in [2.24, 2.45) is 13.0 Å². The van der Waals surface area contributed by atoms with Gasteiger partial charge >= 0.3 is 0 Å². The quantitative estimate of drug-likeness (QED) is 0.772. The standard InChI is InChI=1S/C16H16N6O/c1-22-9-10(8-18-22)11-6-12(11)14(23)7-15-19-16(21-20-15)13-4-2-3-5-17-13/h2-5,8-9,11-12H,6-7H2,1H3,(H,19,20,21). The van der Waals surface area contributed by atoms with E-state index in [0.29, 0.717) is 23.3 Å². The lowest BCUT2D eigenvalue weighted by molar-refractivity contribution is -0.119. The first kappa shape index (κ1) is 13.8. The molecule has 0 aliphatic heterocycles. The van der Waals surface area contributed by atoms with E-state index >= 15 is 0 Å². The fourth-order valence-corrected chi connectivity index (χ4v) is 2.83. The third-order valence-corrected chi connectivity index (χ3v) is 4.12. The molecule has 7 nitrogen and oxygen atoms in total. The third kappa shape index (κ3) is 2.77. The van der Waals surface area contributed by atoms with Gasteiger partial charge < -0.3 is 0 Å². The third-order valence-electron chi connectivity index (χ3n) is 4.12. The summed E-state index contributed by atoms with van der Waals surface area (Å²) >= 11 is 0. The van der Waals surface area contributed by atoms with Gasteiger partial charge in [-0.3, -0.25) is 19.6 Å². The second-order valence-electron chi connectivity index (χ2n) is 5.86. The molecule has 1 aliphatic rings. The maximum atomic E-state index is 12.4. The van der Waals surface area contributed by atoms with E-state index in [4.69, 9.17) is 0 Å². The highest BCUT2D eigenvalue weighted by Crippen LogP contribution is 2.48. The average molecular weight is 308 g/mol. The van der Waals surface area contributed by atoms with Crippen molar-refractivity contribution < 1.29 is 4.79 Å². The number of carbonyl (C=O) groups excluding carboxylic acids is 1. The summed E-state index contributed by atoms with van der Waals surface area (Å²) in [4.78, 5) is 21.0. The van der Waals surface area contributed by atoms with Crippen LogP contribution < -0.4 is 0 Å². The molecule has 116 valence electrons. The van der Waals surface area contributed by atoms with Crippen LogP contribution in [0.1, 0.15) is 23.7 Å². The Labute approximate surface area is 132 Å². The molecule has 23 heavy (non-hydrogen) atoms. The zero-order valence-corrected chi connectivity index (χ0v) is 12.7. The molecule has 2 unspecified atom stereocenters. The Morgan fingerprint density at radius 1 is 1.43 bits per heavy atom. The van der Waals surface area contributed by atoms with E-state index in [1.807, 2.05) is 37.6 Å². The Morgan fingerprint density at radius 2 is 2.35 bits per heavy atom. The number of hydrogen-bond donors (Lipinski definition) is 1. The minimum atomic E-state index is 0.0719. The highest BCUT2D eigenvalue weighted by Gasteiger charge is 2.44.